The van der Waals surface area contributed by atoms with Crippen LogP contribution in [0.1, 0.15) is 34.4 Å². The molecule has 10 heteroatoms. The molecular formula is C18H15N5O4S. The number of nitrogens with zero attached hydrogens (tertiary/aromatic N) is 3. The molecule has 1 aromatic heterocycles. The van der Waals surface area contributed by atoms with Crippen LogP contribution in [-0.2, 0) is 22.4 Å². The zero-order chi connectivity index (χ0) is 20.1. The van der Waals surface area contributed by atoms with Crippen LogP contribution in [0, 0.1) is 21.4 Å². The molecular weight excluding hydrogens is 382 g/mol. The van der Waals surface area contributed by atoms with Gasteiger partial charge in [-0.25, -0.2) is 5.43 Å². The van der Waals surface area contributed by atoms with E-state index in [2.05, 4.69) is 16.5 Å². The fraction of sp³-hybridized carbons (Fsp3) is 0.222. The number of hydrogen-bond donors (Lipinski definition) is 2. The molecule has 0 unspecified atom stereocenters. The number of thiophene rings is 1. The lowest BCUT2D eigenvalue weighted by Crippen LogP contribution is -2.32. The minimum atomic E-state index is -1.04. The highest BCUT2D eigenvalue weighted by Gasteiger charge is 2.23. The molecule has 0 atom stereocenters. The Hall–Kier alpha value is -3.58. The summed E-state index contributed by atoms with van der Waals surface area (Å²) in [6, 6.07) is 7.96. The zero-order valence-corrected chi connectivity index (χ0v) is 15.4. The molecule has 28 heavy (non-hydrogen) atoms. The second-order valence-corrected chi connectivity index (χ2v) is 7.10. The van der Waals surface area contributed by atoms with Gasteiger partial charge in [-0.05, 0) is 37.3 Å². The van der Waals surface area contributed by atoms with Gasteiger partial charge in [0.2, 0.25) is 0 Å². The van der Waals surface area contributed by atoms with Crippen molar-refractivity contribution in [2.75, 3.05) is 5.32 Å². The van der Waals surface area contributed by atoms with Gasteiger partial charge in [-0.2, -0.15) is 10.4 Å². The van der Waals surface area contributed by atoms with Gasteiger partial charge in [0.05, 0.1) is 22.3 Å². The number of amides is 2. The topological polar surface area (TPSA) is 137 Å². The highest BCUT2D eigenvalue weighted by Crippen LogP contribution is 2.37. The van der Waals surface area contributed by atoms with E-state index >= 15 is 0 Å². The summed E-state index contributed by atoms with van der Waals surface area (Å²) in [6.45, 7) is 0. The normalized spacial score (nSPS) is 12.8. The Labute approximate surface area is 163 Å². The molecule has 3 rings (SSSR count). The number of rotatable bonds is 4. The van der Waals surface area contributed by atoms with Crippen LogP contribution < -0.4 is 10.7 Å². The summed E-state index contributed by atoms with van der Waals surface area (Å²) in [5.41, 5.74) is 3.40. The zero-order valence-electron chi connectivity index (χ0n) is 14.6. The third kappa shape index (κ3) is 4.05. The van der Waals surface area contributed by atoms with Crippen molar-refractivity contribution in [1.29, 1.82) is 5.26 Å². The molecule has 0 bridgehead atoms. The average molecular weight is 397 g/mol. The SMILES string of the molecule is N#Cc1c(NC(=O)C(=O)NN=Cc2ccccc2[N+](=O)[O-])sc2c1CCCC2. The van der Waals surface area contributed by atoms with E-state index < -0.39 is 16.7 Å². The van der Waals surface area contributed by atoms with E-state index in [0.717, 1.165) is 42.3 Å². The molecule has 0 radical (unpaired) electrons. The van der Waals surface area contributed by atoms with Gasteiger partial charge in [-0.3, -0.25) is 19.7 Å². The maximum absolute atomic E-state index is 12.1. The summed E-state index contributed by atoms with van der Waals surface area (Å²) in [7, 11) is 0. The molecule has 2 N–H and O–H groups in total. The Kier molecular flexibility index (Phi) is 5.76. The summed E-state index contributed by atoms with van der Waals surface area (Å²) in [5.74, 6) is -2.00. The highest BCUT2D eigenvalue weighted by molar-refractivity contribution is 7.16. The van der Waals surface area contributed by atoms with Crippen molar-refractivity contribution >= 4 is 40.1 Å². The summed E-state index contributed by atoms with van der Waals surface area (Å²) >= 11 is 1.31. The Balaban J connectivity index is 1.66. The number of fused-ring (bicyclic) bond motifs is 1. The Morgan fingerprint density at radius 1 is 1.25 bits per heavy atom. The van der Waals surface area contributed by atoms with Gasteiger partial charge >= 0.3 is 11.8 Å². The predicted molar refractivity (Wildman–Crippen MR) is 103 cm³/mol. The number of benzene rings is 1. The minimum absolute atomic E-state index is 0.173. The number of carbonyl (C=O) groups is 2. The number of nitriles is 1. The quantitative estimate of drug-likeness (QED) is 0.353. The molecule has 1 aromatic carbocycles. The lowest BCUT2D eigenvalue weighted by atomic mass is 9.96. The number of hydrazone groups is 1. The standard InChI is InChI=1S/C18H15N5O4S/c19-9-13-12-6-2-4-8-15(12)28-18(13)21-16(24)17(25)22-20-10-11-5-1-3-7-14(11)23(26)27/h1,3,5,7,10H,2,4,6,8H2,(H,21,24)(H,22,25). The summed E-state index contributed by atoms with van der Waals surface area (Å²) in [5, 5.41) is 26.7. The Morgan fingerprint density at radius 2 is 2.00 bits per heavy atom. The molecule has 0 spiro atoms. The number of aryl methyl sites for hydroxylation is 1. The molecule has 9 nitrogen and oxygen atoms in total. The molecule has 0 fully saturated rings. The predicted octanol–water partition coefficient (Wildman–Crippen LogP) is 2.50. The van der Waals surface area contributed by atoms with E-state index in [0.29, 0.717) is 10.6 Å². The number of anilines is 1. The highest BCUT2D eigenvalue weighted by atomic mass is 32.1. The van der Waals surface area contributed by atoms with E-state index in [1.165, 1.54) is 29.5 Å². The lowest BCUT2D eigenvalue weighted by Gasteiger charge is -2.09. The monoisotopic (exact) mass is 397 g/mol. The summed E-state index contributed by atoms with van der Waals surface area (Å²) in [6.07, 6.45) is 4.76. The maximum Gasteiger partial charge on any atom is 0.329 e. The third-order valence-electron chi connectivity index (χ3n) is 4.22. The molecule has 1 heterocycles. The van der Waals surface area contributed by atoms with Gasteiger partial charge in [0.25, 0.3) is 5.69 Å². The van der Waals surface area contributed by atoms with Gasteiger partial charge in [0.15, 0.2) is 0 Å². The van der Waals surface area contributed by atoms with Gasteiger partial charge < -0.3 is 5.32 Å². The van der Waals surface area contributed by atoms with Gasteiger partial charge in [-0.15, -0.1) is 11.3 Å². The van der Waals surface area contributed by atoms with Crippen molar-refractivity contribution in [2.24, 2.45) is 5.10 Å². The molecule has 1 aliphatic rings. The van der Waals surface area contributed by atoms with Crippen LogP contribution in [0.25, 0.3) is 0 Å². The van der Waals surface area contributed by atoms with Crippen LogP contribution in [0.2, 0.25) is 0 Å². The molecule has 2 amide bonds. The fourth-order valence-corrected chi connectivity index (χ4v) is 4.14. The second kappa shape index (κ2) is 8.41. The van der Waals surface area contributed by atoms with E-state index in [4.69, 9.17) is 0 Å². The van der Waals surface area contributed by atoms with E-state index in [-0.39, 0.29) is 11.3 Å². The number of nitrogens with one attached hydrogen (secondary N) is 2. The molecule has 1 aliphatic carbocycles. The number of carbonyl (C=O) groups excluding carboxylic acids is 2. The van der Waals surface area contributed by atoms with Gasteiger partial charge in [-0.1, -0.05) is 12.1 Å². The van der Waals surface area contributed by atoms with Gasteiger partial charge in [0, 0.05) is 10.9 Å². The van der Waals surface area contributed by atoms with Crippen molar-refractivity contribution in [3.05, 3.63) is 55.9 Å². The van der Waals surface area contributed by atoms with E-state index in [1.54, 1.807) is 6.07 Å². The first-order valence-electron chi connectivity index (χ1n) is 8.43. The first-order valence-corrected chi connectivity index (χ1v) is 9.25. The average Bonchev–Trinajstić information content (AvgIpc) is 3.04. The van der Waals surface area contributed by atoms with Crippen molar-refractivity contribution in [2.45, 2.75) is 25.7 Å². The second-order valence-electron chi connectivity index (χ2n) is 6.00. The van der Waals surface area contributed by atoms with E-state index in [9.17, 15) is 25.0 Å². The van der Waals surface area contributed by atoms with Crippen LogP contribution >= 0.6 is 11.3 Å². The first kappa shape index (κ1) is 19.2. The number of nitro groups is 1. The summed E-state index contributed by atoms with van der Waals surface area (Å²) < 4.78 is 0. The molecule has 0 saturated carbocycles. The van der Waals surface area contributed by atoms with Crippen LogP contribution in [0.3, 0.4) is 0 Å². The van der Waals surface area contributed by atoms with Gasteiger partial charge in [0.1, 0.15) is 11.1 Å². The number of hydrogen-bond acceptors (Lipinski definition) is 7. The Bertz CT molecular complexity index is 1020. The maximum atomic E-state index is 12.1. The minimum Gasteiger partial charge on any atom is -0.308 e. The van der Waals surface area contributed by atoms with Crippen LogP contribution in [-0.4, -0.2) is 23.0 Å². The number of para-hydroxylation sites is 1. The van der Waals surface area contributed by atoms with Crippen molar-refractivity contribution in [3.8, 4) is 6.07 Å². The van der Waals surface area contributed by atoms with Crippen molar-refractivity contribution in [3.63, 3.8) is 0 Å². The number of nitro benzene ring substituents is 1. The third-order valence-corrected chi connectivity index (χ3v) is 5.43. The smallest absolute Gasteiger partial charge is 0.308 e. The van der Waals surface area contributed by atoms with Crippen molar-refractivity contribution < 1.29 is 14.5 Å². The Morgan fingerprint density at radius 3 is 2.75 bits per heavy atom. The molecule has 0 aliphatic heterocycles. The molecule has 0 saturated heterocycles. The lowest BCUT2D eigenvalue weighted by molar-refractivity contribution is -0.385. The van der Waals surface area contributed by atoms with Crippen LogP contribution in [0.5, 0.6) is 0 Å². The van der Waals surface area contributed by atoms with Crippen LogP contribution in [0.15, 0.2) is 29.4 Å². The molecule has 142 valence electrons. The fourth-order valence-electron chi connectivity index (χ4n) is 2.91. The van der Waals surface area contributed by atoms with E-state index in [1.807, 2.05) is 5.43 Å². The largest absolute Gasteiger partial charge is 0.329 e. The van der Waals surface area contributed by atoms with Crippen molar-refractivity contribution in [1.82, 2.24) is 5.43 Å². The first-order chi connectivity index (χ1) is 13.5. The molecule has 2 aromatic rings. The summed E-state index contributed by atoms with van der Waals surface area (Å²) in [4.78, 5) is 35.5. The van der Waals surface area contributed by atoms with Crippen LogP contribution in [0.4, 0.5) is 10.7 Å².